The summed E-state index contributed by atoms with van der Waals surface area (Å²) in [6.07, 6.45) is 54.1. The molecule has 0 spiro atoms. The minimum absolute atomic E-state index is 0.183. The van der Waals surface area contributed by atoms with Crippen LogP contribution in [-0.2, 0) is 33.3 Å². The summed E-state index contributed by atoms with van der Waals surface area (Å²) in [4.78, 5) is 37.3. The van der Waals surface area contributed by atoms with E-state index in [1.54, 1.807) is 0 Å². The van der Waals surface area contributed by atoms with Crippen LogP contribution in [0, 0.1) is 0 Å². The van der Waals surface area contributed by atoms with Gasteiger partial charge in [0.15, 0.2) is 6.10 Å². The predicted octanol–water partition coefficient (Wildman–Crippen LogP) is 16.0. The number of hydrogen-bond acceptors (Lipinski definition) is 7. The lowest BCUT2D eigenvalue weighted by atomic mass is 10.0. The van der Waals surface area contributed by atoms with E-state index in [0.29, 0.717) is 23.9 Å². The minimum Gasteiger partial charge on any atom is -0.477 e. The van der Waals surface area contributed by atoms with Gasteiger partial charge in [0.05, 0.1) is 34.4 Å². The molecule has 2 atom stereocenters. The van der Waals surface area contributed by atoms with E-state index in [9.17, 15) is 19.5 Å². The van der Waals surface area contributed by atoms with Crippen molar-refractivity contribution in [2.45, 2.75) is 277 Å². The molecule has 9 heteroatoms. The molecule has 0 amide bonds. The molecule has 0 aromatic rings. The Kier molecular flexibility index (Phi) is 47.5. The van der Waals surface area contributed by atoms with Gasteiger partial charge in [-0.05, 0) is 38.5 Å². The third-order valence-electron chi connectivity index (χ3n) is 12.4. The molecule has 2 unspecified atom stereocenters. The van der Waals surface area contributed by atoms with E-state index >= 15 is 0 Å². The Labute approximate surface area is 407 Å². The first-order chi connectivity index (χ1) is 32.1. The number of unbranched alkanes of at least 4 members (excludes halogenated alkanes) is 33. The molecule has 0 aliphatic carbocycles. The second-order valence-electron chi connectivity index (χ2n) is 20.3. The smallest absolute Gasteiger partial charge is 0.361 e. The van der Waals surface area contributed by atoms with Gasteiger partial charge in [-0.15, -0.1) is 0 Å². The van der Waals surface area contributed by atoms with Crippen LogP contribution in [-0.4, -0.2) is 87.4 Å². The van der Waals surface area contributed by atoms with Gasteiger partial charge in [0.1, 0.15) is 13.2 Å². The summed E-state index contributed by atoms with van der Waals surface area (Å²) in [5.41, 5.74) is 0. The second-order valence-corrected chi connectivity index (χ2v) is 20.3. The molecule has 0 fully saturated rings. The summed E-state index contributed by atoms with van der Waals surface area (Å²) < 4.78 is 22.8. The van der Waals surface area contributed by atoms with Crippen LogP contribution in [0.5, 0.6) is 0 Å². The molecule has 1 N–H and O–H groups in total. The summed E-state index contributed by atoms with van der Waals surface area (Å²) in [6, 6.07) is 0. The minimum atomic E-state index is -1.51. The highest BCUT2D eigenvalue weighted by Gasteiger charge is 2.25. The van der Waals surface area contributed by atoms with E-state index < -0.39 is 24.3 Å². The van der Waals surface area contributed by atoms with Crippen molar-refractivity contribution in [1.82, 2.24) is 0 Å². The van der Waals surface area contributed by atoms with Crippen molar-refractivity contribution in [3.63, 3.8) is 0 Å². The van der Waals surface area contributed by atoms with Crippen LogP contribution in [0.25, 0.3) is 0 Å². The van der Waals surface area contributed by atoms with Crippen molar-refractivity contribution in [2.75, 3.05) is 47.5 Å². The lowest BCUT2D eigenvalue weighted by molar-refractivity contribution is -0.870. The van der Waals surface area contributed by atoms with Crippen molar-refractivity contribution in [1.29, 1.82) is 0 Å². The van der Waals surface area contributed by atoms with Gasteiger partial charge >= 0.3 is 17.9 Å². The zero-order valence-electron chi connectivity index (χ0n) is 44.1. The maximum atomic E-state index is 12.8. The first kappa shape index (κ1) is 63.8. The first-order valence-electron chi connectivity index (χ1n) is 28.0. The van der Waals surface area contributed by atoms with Gasteiger partial charge in [0.2, 0.25) is 0 Å². The number of hydrogen-bond donors (Lipinski definition) is 1. The summed E-state index contributed by atoms with van der Waals surface area (Å²) in [6.45, 7) is 4.83. The normalized spacial score (nSPS) is 12.9. The maximum Gasteiger partial charge on any atom is 0.361 e. The Bertz CT molecular complexity index is 1130. The van der Waals surface area contributed by atoms with Crippen molar-refractivity contribution in [2.24, 2.45) is 0 Å². The van der Waals surface area contributed by atoms with Crippen LogP contribution in [0.1, 0.15) is 264 Å². The molecular formula is C57H108NO8+. The fourth-order valence-electron chi connectivity index (χ4n) is 8.11. The Morgan fingerprint density at radius 3 is 1.26 bits per heavy atom. The lowest BCUT2D eigenvalue weighted by Crippen LogP contribution is -2.40. The van der Waals surface area contributed by atoms with Gasteiger partial charge in [-0.2, -0.15) is 0 Å². The number of esters is 2. The third kappa shape index (κ3) is 49.7. The van der Waals surface area contributed by atoms with Gasteiger partial charge in [-0.3, -0.25) is 9.59 Å². The first-order valence-corrected chi connectivity index (χ1v) is 28.0. The van der Waals surface area contributed by atoms with Crippen molar-refractivity contribution in [3.05, 3.63) is 24.3 Å². The highest BCUT2D eigenvalue weighted by atomic mass is 16.7. The molecule has 0 saturated heterocycles. The number of ether oxygens (including phenoxy) is 4. The Balaban J connectivity index is 4.10. The molecular weight excluding hydrogens is 827 g/mol. The van der Waals surface area contributed by atoms with E-state index in [2.05, 4.69) is 38.2 Å². The standard InChI is InChI=1S/C57H107NO8/c1-6-8-10-12-14-16-18-20-21-22-23-24-25-26-27-28-29-30-31-32-33-34-36-37-39-41-43-45-47-54(59)64-51-53(52-65-57(56(61)62)63-50-49-58(3,4)5)66-55(60)48-46-44-42-40-38-35-19-17-15-13-11-9-7-2/h11,13,17,19,53,57H,6-10,12,14-16,18,20-52H2,1-5H3/p+1/b13-11-,19-17-. The maximum absolute atomic E-state index is 12.8. The molecule has 0 aliphatic heterocycles. The van der Waals surface area contributed by atoms with E-state index in [0.717, 1.165) is 64.2 Å². The van der Waals surface area contributed by atoms with E-state index in [1.165, 1.54) is 167 Å². The van der Waals surface area contributed by atoms with Crippen LogP contribution in [0.4, 0.5) is 0 Å². The highest BCUT2D eigenvalue weighted by Crippen LogP contribution is 2.17. The second kappa shape index (κ2) is 49.2. The Hall–Kier alpha value is -2.23. The van der Waals surface area contributed by atoms with Crippen molar-refractivity contribution >= 4 is 17.9 Å². The monoisotopic (exact) mass is 935 g/mol. The van der Waals surface area contributed by atoms with Gasteiger partial charge in [-0.25, -0.2) is 4.79 Å². The van der Waals surface area contributed by atoms with Gasteiger partial charge in [0, 0.05) is 12.8 Å². The van der Waals surface area contributed by atoms with E-state index in [-0.39, 0.29) is 32.2 Å². The summed E-state index contributed by atoms with van der Waals surface area (Å²) in [7, 11) is 5.96. The average molecular weight is 935 g/mol. The molecule has 66 heavy (non-hydrogen) atoms. The fraction of sp³-hybridized carbons (Fsp3) is 0.877. The van der Waals surface area contributed by atoms with Crippen LogP contribution in [0.3, 0.4) is 0 Å². The SMILES string of the molecule is CCC/C=C\C/C=C\CCCCCCCC(=O)OC(COC(=O)CCCCCCCCCCCCCCCCCCCCCCCCCCCCCC)COC(OCC[N+](C)(C)C)C(=O)O. The van der Waals surface area contributed by atoms with Crippen LogP contribution >= 0.6 is 0 Å². The van der Waals surface area contributed by atoms with Crippen LogP contribution < -0.4 is 0 Å². The highest BCUT2D eigenvalue weighted by molar-refractivity contribution is 5.71. The third-order valence-corrected chi connectivity index (χ3v) is 12.4. The summed E-state index contributed by atoms with van der Waals surface area (Å²) in [5, 5.41) is 9.67. The van der Waals surface area contributed by atoms with Crippen molar-refractivity contribution < 1.29 is 42.9 Å². The Morgan fingerprint density at radius 1 is 0.455 bits per heavy atom. The number of rotatable bonds is 52. The molecule has 0 heterocycles. The molecule has 0 rings (SSSR count). The topological polar surface area (TPSA) is 108 Å². The van der Waals surface area contributed by atoms with Crippen LogP contribution in [0.2, 0.25) is 0 Å². The van der Waals surface area contributed by atoms with Crippen molar-refractivity contribution in [3.8, 4) is 0 Å². The number of carbonyl (C=O) groups is 3. The largest absolute Gasteiger partial charge is 0.477 e. The van der Waals surface area contributed by atoms with E-state index in [4.69, 9.17) is 18.9 Å². The number of carbonyl (C=O) groups excluding carboxylic acids is 2. The molecule has 0 aliphatic rings. The van der Waals surface area contributed by atoms with Gasteiger partial charge in [-0.1, -0.05) is 237 Å². The molecule has 0 saturated carbocycles. The molecule has 0 aromatic carbocycles. The lowest BCUT2D eigenvalue weighted by Gasteiger charge is -2.25. The molecule has 0 bridgehead atoms. The number of carboxylic acids is 1. The molecule has 388 valence electrons. The number of nitrogens with zero attached hydrogens (tertiary/aromatic N) is 1. The average Bonchev–Trinajstić information content (AvgIpc) is 3.28. The van der Waals surface area contributed by atoms with Gasteiger partial charge < -0.3 is 28.5 Å². The number of allylic oxidation sites excluding steroid dienone is 4. The zero-order chi connectivity index (χ0) is 48.4. The zero-order valence-corrected chi connectivity index (χ0v) is 44.1. The molecule has 0 aromatic heterocycles. The molecule has 0 radical (unpaired) electrons. The number of carboxylic acid groups (broad SMARTS) is 1. The number of aliphatic carboxylic acids is 1. The van der Waals surface area contributed by atoms with Gasteiger partial charge in [0.25, 0.3) is 6.29 Å². The predicted molar refractivity (Wildman–Crippen MR) is 277 cm³/mol. The summed E-state index contributed by atoms with van der Waals surface area (Å²) in [5.74, 6) is -2.01. The number of quaternary nitrogens is 1. The quantitative estimate of drug-likeness (QED) is 0.0211. The Morgan fingerprint density at radius 2 is 0.848 bits per heavy atom. The summed E-state index contributed by atoms with van der Waals surface area (Å²) >= 11 is 0. The number of likely N-dealkylation sites (N-methyl/N-ethyl adjacent to an activating group) is 1. The molecule has 9 nitrogen and oxygen atoms in total. The fourth-order valence-corrected chi connectivity index (χ4v) is 8.11. The van der Waals surface area contributed by atoms with Crippen LogP contribution in [0.15, 0.2) is 24.3 Å². The van der Waals surface area contributed by atoms with E-state index in [1.807, 2.05) is 21.1 Å².